The molecule has 1 aliphatic heterocycles. The van der Waals surface area contributed by atoms with E-state index in [1.165, 1.54) is 6.42 Å². The molecule has 0 radical (unpaired) electrons. The molecule has 2 N–H and O–H groups in total. The van der Waals surface area contributed by atoms with Gasteiger partial charge in [0.05, 0.1) is 5.39 Å². The van der Waals surface area contributed by atoms with Crippen LogP contribution in [0.4, 0.5) is 5.69 Å². The number of H-pyrrole nitrogens is 1. The molecule has 30 heavy (non-hydrogen) atoms. The average Bonchev–Trinajstić information content (AvgIpc) is 3.02. The van der Waals surface area contributed by atoms with Crippen LogP contribution in [0.3, 0.4) is 0 Å². The summed E-state index contributed by atoms with van der Waals surface area (Å²) >= 11 is 0. The van der Waals surface area contributed by atoms with Gasteiger partial charge in [0.15, 0.2) is 11.5 Å². The zero-order valence-electron chi connectivity index (χ0n) is 16.3. The fourth-order valence-electron chi connectivity index (χ4n) is 3.91. The van der Waals surface area contributed by atoms with Crippen LogP contribution < -0.4 is 10.9 Å². The first-order valence-electron chi connectivity index (χ1n) is 10.0. The number of hydrogen-bond donors (Lipinski definition) is 2. The van der Waals surface area contributed by atoms with Gasteiger partial charge in [0.25, 0.3) is 11.5 Å². The Morgan fingerprint density at radius 3 is 2.77 bits per heavy atom. The topological polar surface area (TPSA) is 106 Å². The van der Waals surface area contributed by atoms with Crippen molar-refractivity contribution in [3.8, 4) is 11.4 Å². The summed E-state index contributed by atoms with van der Waals surface area (Å²) in [6.45, 7) is 0.904. The number of hydrogen-bond acceptors (Lipinski definition) is 5. The number of fused-ring (bicyclic) bond motifs is 2. The standard InChI is InChI=1S/C22H20N6O2/c29-21-17-10-4-3-9-16(17)19(25-27-21)22(30)23-15-8-6-7-14(13-15)20-26-24-18-11-2-1-5-12-28(18)20/h3-4,6-10,13H,1-2,5,11-12H2,(H,23,30)(H,27,29). The minimum Gasteiger partial charge on any atom is -0.321 e. The maximum atomic E-state index is 12.9. The maximum Gasteiger partial charge on any atom is 0.276 e. The van der Waals surface area contributed by atoms with Crippen LogP contribution in [0.5, 0.6) is 0 Å². The molecule has 2 aromatic heterocycles. The average molecular weight is 400 g/mol. The van der Waals surface area contributed by atoms with Crippen LogP contribution in [0.1, 0.15) is 35.6 Å². The number of aromatic nitrogens is 5. The Morgan fingerprint density at radius 1 is 1.00 bits per heavy atom. The number of carbonyl (C=O) groups is 1. The summed E-state index contributed by atoms with van der Waals surface area (Å²) in [7, 11) is 0. The Balaban J connectivity index is 1.46. The predicted molar refractivity (Wildman–Crippen MR) is 113 cm³/mol. The predicted octanol–water partition coefficient (Wildman–Crippen LogP) is 3.16. The minimum atomic E-state index is -0.389. The van der Waals surface area contributed by atoms with E-state index < -0.39 is 0 Å². The third-order valence-corrected chi connectivity index (χ3v) is 5.40. The second kappa shape index (κ2) is 7.55. The molecule has 0 bridgehead atoms. The lowest BCUT2D eigenvalue weighted by Gasteiger charge is -2.10. The molecular weight excluding hydrogens is 380 g/mol. The SMILES string of the molecule is O=C(Nc1cccc(-c2nnc3n2CCCCC3)c1)c1n[nH]c(=O)c2ccccc12. The van der Waals surface area contributed by atoms with Crippen molar-refractivity contribution in [1.29, 1.82) is 0 Å². The lowest BCUT2D eigenvalue weighted by molar-refractivity contribution is 0.102. The van der Waals surface area contributed by atoms with Crippen LogP contribution in [-0.2, 0) is 13.0 Å². The van der Waals surface area contributed by atoms with E-state index in [-0.39, 0.29) is 17.2 Å². The van der Waals surface area contributed by atoms with Crippen LogP contribution >= 0.6 is 0 Å². The van der Waals surface area contributed by atoms with Crippen molar-refractivity contribution in [2.75, 3.05) is 5.32 Å². The first-order chi connectivity index (χ1) is 14.7. The van der Waals surface area contributed by atoms with E-state index >= 15 is 0 Å². The molecule has 0 aliphatic carbocycles. The van der Waals surface area contributed by atoms with Crippen molar-refractivity contribution < 1.29 is 4.79 Å². The summed E-state index contributed by atoms with van der Waals surface area (Å²) in [5.74, 6) is 1.44. The number of aromatic amines is 1. The lowest BCUT2D eigenvalue weighted by atomic mass is 10.1. The van der Waals surface area contributed by atoms with Crippen LogP contribution in [-0.4, -0.2) is 30.9 Å². The van der Waals surface area contributed by atoms with Crippen molar-refractivity contribution in [2.45, 2.75) is 32.2 Å². The Bertz CT molecular complexity index is 1310. The minimum absolute atomic E-state index is 0.173. The first kappa shape index (κ1) is 18.2. The normalized spacial score (nSPS) is 13.6. The maximum absolute atomic E-state index is 12.9. The zero-order chi connectivity index (χ0) is 20.5. The second-order valence-corrected chi connectivity index (χ2v) is 7.38. The number of rotatable bonds is 3. The highest BCUT2D eigenvalue weighted by Gasteiger charge is 2.18. The Labute approximate surface area is 172 Å². The van der Waals surface area contributed by atoms with Crippen LogP contribution in [0.25, 0.3) is 22.2 Å². The van der Waals surface area contributed by atoms with Gasteiger partial charge in [-0.3, -0.25) is 9.59 Å². The largest absolute Gasteiger partial charge is 0.321 e. The van der Waals surface area contributed by atoms with Crippen molar-refractivity contribution in [1.82, 2.24) is 25.0 Å². The van der Waals surface area contributed by atoms with Gasteiger partial charge in [0.1, 0.15) is 5.82 Å². The van der Waals surface area contributed by atoms with Crippen molar-refractivity contribution in [3.63, 3.8) is 0 Å². The monoisotopic (exact) mass is 400 g/mol. The highest BCUT2D eigenvalue weighted by atomic mass is 16.2. The van der Waals surface area contributed by atoms with Crippen molar-refractivity contribution in [2.24, 2.45) is 0 Å². The summed E-state index contributed by atoms with van der Waals surface area (Å²) in [6, 6.07) is 14.5. The molecule has 8 nitrogen and oxygen atoms in total. The fourth-order valence-corrected chi connectivity index (χ4v) is 3.91. The molecule has 0 atom stereocenters. The van der Waals surface area contributed by atoms with E-state index in [1.807, 2.05) is 24.3 Å². The number of aryl methyl sites for hydroxylation is 1. The van der Waals surface area contributed by atoms with Gasteiger partial charge in [0.2, 0.25) is 0 Å². The van der Waals surface area contributed by atoms with Gasteiger partial charge < -0.3 is 9.88 Å². The van der Waals surface area contributed by atoms with Gasteiger partial charge in [-0.1, -0.05) is 36.8 Å². The molecule has 1 amide bonds. The third-order valence-electron chi connectivity index (χ3n) is 5.40. The summed E-state index contributed by atoms with van der Waals surface area (Å²) in [5.41, 5.74) is 1.37. The van der Waals surface area contributed by atoms with Crippen molar-refractivity contribution >= 4 is 22.4 Å². The first-order valence-corrected chi connectivity index (χ1v) is 10.0. The molecule has 3 heterocycles. The van der Waals surface area contributed by atoms with E-state index in [0.29, 0.717) is 16.5 Å². The van der Waals surface area contributed by atoms with Crippen LogP contribution in [0.15, 0.2) is 53.3 Å². The molecule has 2 aromatic carbocycles. The second-order valence-electron chi connectivity index (χ2n) is 7.38. The van der Waals surface area contributed by atoms with Gasteiger partial charge in [-0.05, 0) is 31.0 Å². The molecule has 1 aliphatic rings. The molecule has 0 unspecified atom stereocenters. The van der Waals surface area contributed by atoms with Crippen LogP contribution in [0, 0.1) is 0 Å². The number of nitrogens with one attached hydrogen (secondary N) is 2. The Hall–Kier alpha value is -3.81. The van der Waals surface area contributed by atoms with E-state index in [1.54, 1.807) is 24.3 Å². The molecule has 5 rings (SSSR count). The number of carbonyl (C=O) groups excluding carboxylic acids is 1. The number of anilines is 1. The van der Waals surface area contributed by atoms with Gasteiger partial charge in [0, 0.05) is 29.6 Å². The van der Waals surface area contributed by atoms with E-state index in [2.05, 4.69) is 30.3 Å². The van der Waals surface area contributed by atoms with Crippen LogP contribution in [0.2, 0.25) is 0 Å². The van der Waals surface area contributed by atoms with Gasteiger partial charge in [-0.25, -0.2) is 5.10 Å². The summed E-state index contributed by atoms with van der Waals surface area (Å²) in [6.07, 6.45) is 4.38. The molecule has 0 saturated heterocycles. The van der Waals surface area contributed by atoms with E-state index in [4.69, 9.17) is 0 Å². The highest BCUT2D eigenvalue weighted by molar-refractivity contribution is 6.11. The summed E-state index contributed by atoms with van der Waals surface area (Å²) < 4.78 is 2.17. The number of benzene rings is 2. The molecule has 0 fully saturated rings. The smallest absolute Gasteiger partial charge is 0.276 e. The Morgan fingerprint density at radius 2 is 1.87 bits per heavy atom. The zero-order valence-corrected chi connectivity index (χ0v) is 16.3. The Kier molecular flexibility index (Phi) is 4.59. The fraction of sp³-hybridized carbons (Fsp3) is 0.227. The van der Waals surface area contributed by atoms with Gasteiger partial charge >= 0.3 is 0 Å². The van der Waals surface area contributed by atoms with Gasteiger partial charge in [-0.2, -0.15) is 5.10 Å². The summed E-state index contributed by atoms with van der Waals surface area (Å²) in [4.78, 5) is 24.9. The molecule has 0 spiro atoms. The number of nitrogens with zero attached hydrogens (tertiary/aromatic N) is 4. The quantitative estimate of drug-likeness (QED) is 0.550. The number of amides is 1. The molecule has 0 saturated carbocycles. The molecular formula is C22H20N6O2. The summed E-state index contributed by atoms with van der Waals surface area (Å²) in [5, 5.41) is 18.9. The third kappa shape index (κ3) is 3.26. The van der Waals surface area contributed by atoms with Gasteiger partial charge in [-0.15, -0.1) is 10.2 Å². The van der Waals surface area contributed by atoms with E-state index in [0.717, 1.165) is 43.0 Å². The van der Waals surface area contributed by atoms with Crippen molar-refractivity contribution in [3.05, 3.63) is 70.4 Å². The molecule has 4 aromatic rings. The lowest BCUT2D eigenvalue weighted by Crippen LogP contribution is -2.19. The highest BCUT2D eigenvalue weighted by Crippen LogP contribution is 2.25. The van der Waals surface area contributed by atoms with E-state index in [9.17, 15) is 9.59 Å². The molecule has 150 valence electrons. The molecule has 8 heteroatoms.